The van der Waals surface area contributed by atoms with Crippen molar-refractivity contribution in [2.45, 2.75) is 27.7 Å². The molecular weight excluding hydrogens is 100 g/mol. The van der Waals surface area contributed by atoms with Crippen LogP contribution in [0.3, 0.4) is 0 Å². The molecule has 8 heavy (non-hydrogen) atoms. The van der Waals surface area contributed by atoms with Crippen molar-refractivity contribution in [1.82, 2.24) is 0 Å². The smallest absolute Gasteiger partial charge is 0.146 e. The Morgan fingerprint density at radius 1 is 1.00 bits per heavy atom. The van der Waals surface area contributed by atoms with E-state index in [-0.39, 0.29) is 10.8 Å². The molecule has 0 unspecified atom stereocenters. The number of carbonyl (C=O) groups excluding carboxylic acids is 1. The number of hydrogen-bond acceptors (Lipinski definition) is 1. The van der Waals surface area contributed by atoms with Crippen molar-refractivity contribution in [3.05, 3.63) is 0 Å². The highest BCUT2D eigenvalue weighted by Crippen LogP contribution is 2.58. The van der Waals surface area contributed by atoms with E-state index in [1.165, 1.54) is 0 Å². The van der Waals surface area contributed by atoms with Crippen LogP contribution in [0.25, 0.3) is 0 Å². The summed E-state index contributed by atoms with van der Waals surface area (Å²) < 4.78 is 0. The molecule has 0 radical (unpaired) electrons. The molecule has 0 amide bonds. The first-order chi connectivity index (χ1) is 3.40. The van der Waals surface area contributed by atoms with E-state index < -0.39 is 0 Å². The van der Waals surface area contributed by atoms with E-state index in [0.717, 1.165) is 0 Å². The Kier molecular flexibility index (Phi) is 0.722. The summed E-state index contributed by atoms with van der Waals surface area (Å²) in [5.74, 6) is 0.394. The number of rotatable bonds is 0. The fraction of sp³-hybridized carbons (Fsp3) is 0.857. The normalized spacial score (nSPS) is 30.2. The van der Waals surface area contributed by atoms with E-state index in [1.54, 1.807) is 0 Å². The molecule has 0 aliphatic heterocycles. The van der Waals surface area contributed by atoms with Crippen LogP contribution >= 0.6 is 0 Å². The van der Waals surface area contributed by atoms with Crippen molar-refractivity contribution in [1.29, 1.82) is 0 Å². The van der Waals surface area contributed by atoms with Crippen molar-refractivity contribution in [3.63, 3.8) is 0 Å². The summed E-state index contributed by atoms with van der Waals surface area (Å²) in [6.45, 7) is 7.98. The zero-order chi connectivity index (χ0) is 6.58. The minimum absolute atomic E-state index is 0.0347. The van der Waals surface area contributed by atoms with Gasteiger partial charge in [-0.2, -0.15) is 0 Å². The average molecular weight is 112 g/mol. The van der Waals surface area contributed by atoms with Gasteiger partial charge in [-0.15, -0.1) is 0 Å². The quantitative estimate of drug-likeness (QED) is 0.465. The van der Waals surface area contributed by atoms with Crippen molar-refractivity contribution in [2.75, 3.05) is 0 Å². The Bertz CT molecular complexity index is 126. The van der Waals surface area contributed by atoms with Gasteiger partial charge in [0.25, 0.3) is 0 Å². The van der Waals surface area contributed by atoms with Crippen LogP contribution in [-0.2, 0) is 4.79 Å². The lowest BCUT2D eigenvalue weighted by Crippen LogP contribution is -1.95. The first kappa shape index (κ1) is 5.80. The van der Waals surface area contributed by atoms with Gasteiger partial charge in [0.2, 0.25) is 0 Å². The van der Waals surface area contributed by atoms with Gasteiger partial charge in [0.1, 0.15) is 5.78 Å². The minimum Gasteiger partial charge on any atom is -0.298 e. The molecule has 0 atom stereocenters. The maximum Gasteiger partial charge on any atom is 0.146 e. The van der Waals surface area contributed by atoms with E-state index >= 15 is 0 Å². The Labute approximate surface area is 50.1 Å². The van der Waals surface area contributed by atoms with Crippen molar-refractivity contribution < 1.29 is 4.79 Å². The third-order valence-corrected chi connectivity index (χ3v) is 2.64. The van der Waals surface area contributed by atoms with Crippen LogP contribution in [-0.4, -0.2) is 5.78 Å². The summed E-state index contributed by atoms with van der Waals surface area (Å²) in [5, 5.41) is 0. The molecular formula is C7H12O. The van der Waals surface area contributed by atoms with Gasteiger partial charge in [0, 0.05) is 10.8 Å². The molecule has 0 aromatic rings. The molecule has 1 rings (SSSR count). The Balaban J connectivity index is 2.88. The highest BCUT2D eigenvalue weighted by atomic mass is 16.1. The maximum atomic E-state index is 10.9. The molecule has 0 aromatic heterocycles. The van der Waals surface area contributed by atoms with Gasteiger partial charge in [-0.25, -0.2) is 0 Å². The minimum atomic E-state index is -0.0347. The van der Waals surface area contributed by atoms with Gasteiger partial charge in [-0.1, -0.05) is 27.7 Å². The second-order valence-corrected chi connectivity index (χ2v) is 3.58. The van der Waals surface area contributed by atoms with E-state index in [2.05, 4.69) is 0 Å². The maximum absolute atomic E-state index is 10.9. The molecule has 0 spiro atoms. The van der Waals surface area contributed by atoms with E-state index in [1.807, 2.05) is 27.7 Å². The molecule has 0 bridgehead atoms. The van der Waals surface area contributed by atoms with Gasteiger partial charge in [-0.05, 0) is 0 Å². The van der Waals surface area contributed by atoms with Gasteiger partial charge in [0.05, 0.1) is 0 Å². The molecule has 1 saturated carbocycles. The van der Waals surface area contributed by atoms with Crippen LogP contribution in [0.15, 0.2) is 0 Å². The molecule has 1 aliphatic rings. The summed E-state index contributed by atoms with van der Waals surface area (Å²) in [5.41, 5.74) is -0.0694. The first-order valence-corrected chi connectivity index (χ1v) is 2.95. The standard InChI is InChI=1S/C7H12O/c1-6(2)5(8)7(6,3)4/h1-4H3. The summed E-state index contributed by atoms with van der Waals surface area (Å²) in [6.07, 6.45) is 0. The highest BCUT2D eigenvalue weighted by molar-refractivity contribution is 6.06. The second-order valence-electron chi connectivity index (χ2n) is 3.58. The number of carbonyl (C=O) groups is 1. The number of ketones is 1. The molecule has 46 valence electrons. The summed E-state index contributed by atoms with van der Waals surface area (Å²) >= 11 is 0. The highest BCUT2D eigenvalue weighted by Gasteiger charge is 2.64. The number of Topliss-reactive ketones (excluding diaryl/α,β-unsaturated/α-hetero) is 1. The fourth-order valence-electron chi connectivity index (χ4n) is 0.980. The largest absolute Gasteiger partial charge is 0.298 e. The predicted molar refractivity (Wildman–Crippen MR) is 32.6 cm³/mol. The van der Waals surface area contributed by atoms with Crippen LogP contribution in [0, 0.1) is 10.8 Å². The molecule has 0 heterocycles. The summed E-state index contributed by atoms with van der Waals surface area (Å²) in [7, 11) is 0. The summed E-state index contributed by atoms with van der Waals surface area (Å²) in [6, 6.07) is 0. The average Bonchev–Trinajstić information content (AvgIpc) is 1.88. The Morgan fingerprint density at radius 2 is 1.12 bits per heavy atom. The van der Waals surface area contributed by atoms with Crippen molar-refractivity contribution >= 4 is 5.78 Å². The molecule has 1 aliphatic carbocycles. The zero-order valence-corrected chi connectivity index (χ0v) is 5.91. The predicted octanol–water partition coefficient (Wildman–Crippen LogP) is 1.62. The van der Waals surface area contributed by atoms with Crippen LogP contribution in [0.2, 0.25) is 0 Å². The summed E-state index contributed by atoms with van der Waals surface area (Å²) in [4.78, 5) is 10.9. The molecule has 1 fully saturated rings. The number of hydrogen-bond donors (Lipinski definition) is 0. The van der Waals surface area contributed by atoms with Crippen LogP contribution < -0.4 is 0 Å². The molecule has 1 nitrogen and oxygen atoms in total. The van der Waals surface area contributed by atoms with Crippen LogP contribution in [0.4, 0.5) is 0 Å². The monoisotopic (exact) mass is 112 g/mol. The van der Waals surface area contributed by atoms with Gasteiger partial charge < -0.3 is 0 Å². The van der Waals surface area contributed by atoms with E-state index in [9.17, 15) is 4.79 Å². The van der Waals surface area contributed by atoms with Crippen molar-refractivity contribution in [2.24, 2.45) is 10.8 Å². The van der Waals surface area contributed by atoms with Crippen LogP contribution in [0.5, 0.6) is 0 Å². The topological polar surface area (TPSA) is 17.1 Å². The lowest BCUT2D eigenvalue weighted by Gasteiger charge is -1.99. The Hall–Kier alpha value is -0.330. The first-order valence-electron chi connectivity index (χ1n) is 2.95. The Morgan fingerprint density at radius 3 is 1.12 bits per heavy atom. The second kappa shape index (κ2) is 0.996. The third kappa shape index (κ3) is 0.355. The lowest BCUT2D eigenvalue weighted by molar-refractivity contribution is -0.114. The van der Waals surface area contributed by atoms with Crippen LogP contribution in [0.1, 0.15) is 27.7 Å². The SMILES string of the molecule is CC1(C)C(=O)C1(C)C. The third-order valence-electron chi connectivity index (χ3n) is 2.64. The van der Waals surface area contributed by atoms with E-state index in [0.29, 0.717) is 5.78 Å². The lowest BCUT2D eigenvalue weighted by atomic mass is 10.0. The molecule has 0 N–H and O–H groups in total. The van der Waals surface area contributed by atoms with Gasteiger partial charge in [-0.3, -0.25) is 4.79 Å². The van der Waals surface area contributed by atoms with E-state index in [4.69, 9.17) is 0 Å². The zero-order valence-electron chi connectivity index (χ0n) is 5.91. The molecule has 0 aromatic carbocycles. The molecule has 1 heteroatoms. The van der Waals surface area contributed by atoms with Crippen molar-refractivity contribution in [3.8, 4) is 0 Å². The van der Waals surface area contributed by atoms with Gasteiger partial charge >= 0.3 is 0 Å². The molecule has 0 saturated heterocycles. The van der Waals surface area contributed by atoms with Gasteiger partial charge in [0.15, 0.2) is 0 Å². The fourth-order valence-corrected chi connectivity index (χ4v) is 0.980.